The Balaban J connectivity index is 1.54. The van der Waals surface area contributed by atoms with Gasteiger partial charge in [0.25, 0.3) is 0 Å². The zero-order valence-electron chi connectivity index (χ0n) is 13.4. The van der Waals surface area contributed by atoms with Gasteiger partial charge in [0.2, 0.25) is 11.8 Å². The second-order valence-corrected chi connectivity index (χ2v) is 6.57. The monoisotopic (exact) mass is 321 g/mol. The molecule has 0 bridgehead atoms. The van der Waals surface area contributed by atoms with Gasteiger partial charge in [-0.25, -0.2) is 0 Å². The summed E-state index contributed by atoms with van der Waals surface area (Å²) >= 11 is 0. The minimum atomic E-state index is -0.647. The van der Waals surface area contributed by atoms with E-state index in [0.29, 0.717) is 13.0 Å². The lowest BCUT2D eigenvalue weighted by Gasteiger charge is -2.19. The summed E-state index contributed by atoms with van der Waals surface area (Å²) in [4.78, 5) is 25.2. The van der Waals surface area contributed by atoms with E-state index in [1.807, 2.05) is 55.5 Å². The standard InChI is InChI=1S/C19H19N3O2/c1-12-6-8-13(9-7-12)21-17(23)16-10-19(18(24)22-16)11-20-15-5-3-2-4-14(15)19/h2-9,16,20H,10-11H2,1H3,(H,21,23)(H,22,24). The Morgan fingerprint density at radius 1 is 1.17 bits per heavy atom. The molecule has 1 saturated heterocycles. The lowest BCUT2D eigenvalue weighted by atomic mass is 9.79. The van der Waals surface area contributed by atoms with Crippen molar-refractivity contribution in [2.45, 2.75) is 24.8 Å². The second kappa shape index (κ2) is 5.37. The number of benzene rings is 2. The zero-order valence-corrected chi connectivity index (χ0v) is 13.4. The van der Waals surface area contributed by atoms with E-state index in [1.165, 1.54) is 0 Å². The molecule has 0 saturated carbocycles. The fraction of sp³-hybridized carbons (Fsp3) is 0.263. The third-order valence-electron chi connectivity index (χ3n) is 4.95. The van der Waals surface area contributed by atoms with Gasteiger partial charge in [-0.1, -0.05) is 35.9 Å². The summed E-state index contributed by atoms with van der Waals surface area (Å²) in [6, 6.07) is 14.9. The summed E-state index contributed by atoms with van der Waals surface area (Å²) < 4.78 is 0. The zero-order chi connectivity index (χ0) is 16.7. The highest BCUT2D eigenvalue weighted by Crippen LogP contribution is 2.43. The minimum Gasteiger partial charge on any atom is -0.383 e. The number of carbonyl (C=O) groups is 2. The third-order valence-corrected chi connectivity index (χ3v) is 4.95. The first-order chi connectivity index (χ1) is 11.6. The normalized spacial score (nSPS) is 24.4. The Bertz CT molecular complexity index is 816. The molecule has 0 aliphatic carbocycles. The molecule has 3 N–H and O–H groups in total. The average molecular weight is 321 g/mol. The van der Waals surface area contributed by atoms with Gasteiger partial charge in [0.1, 0.15) is 6.04 Å². The van der Waals surface area contributed by atoms with Gasteiger partial charge in [-0.05, 0) is 37.1 Å². The lowest BCUT2D eigenvalue weighted by Crippen LogP contribution is -2.39. The largest absolute Gasteiger partial charge is 0.383 e. The number of aryl methyl sites for hydroxylation is 1. The highest BCUT2D eigenvalue weighted by Gasteiger charge is 2.53. The van der Waals surface area contributed by atoms with Crippen molar-refractivity contribution in [1.29, 1.82) is 0 Å². The molecule has 24 heavy (non-hydrogen) atoms. The number of hydrogen-bond donors (Lipinski definition) is 3. The van der Waals surface area contributed by atoms with Gasteiger partial charge in [0.05, 0.1) is 5.41 Å². The molecule has 2 aliphatic rings. The first-order valence-corrected chi connectivity index (χ1v) is 8.10. The van der Waals surface area contributed by atoms with Crippen molar-refractivity contribution in [3.8, 4) is 0 Å². The summed E-state index contributed by atoms with van der Waals surface area (Å²) in [5, 5.41) is 9.04. The Hall–Kier alpha value is -2.82. The van der Waals surface area contributed by atoms with Crippen molar-refractivity contribution < 1.29 is 9.59 Å². The molecule has 4 rings (SSSR count). The third kappa shape index (κ3) is 2.24. The fourth-order valence-electron chi connectivity index (χ4n) is 3.59. The first-order valence-electron chi connectivity index (χ1n) is 8.10. The number of anilines is 2. The molecule has 2 heterocycles. The molecule has 0 aromatic heterocycles. The van der Waals surface area contributed by atoms with Crippen LogP contribution in [-0.4, -0.2) is 24.4 Å². The van der Waals surface area contributed by atoms with E-state index in [-0.39, 0.29) is 11.8 Å². The van der Waals surface area contributed by atoms with E-state index in [1.54, 1.807) is 0 Å². The summed E-state index contributed by atoms with van der Waals surface area (Å²) in [5.74, 6) is -0.252. The van der Waals surface area contributed by atoms with E-state index >= 15 is 0 Å². The number of rotatable bonds is 2. The molecule has 2 amide bonds. The number of nitrogens with one attached hydrogen (secondary N) is 3. The molecule has 2 aromatic carbocycles. The van der Waals surface area contributed by atoms with Crippen LogP contribution in [0.3, 0.4) is 0 Å². The van der Waals surface area contributed by atoms with E-state index in [9.17, 15) is 9.59 Å². The molecular weight excluding hydrogens is 302 g/mol. The summed E-state index contributed by atoms with van der Waals surface area (Å²) in [5.41, 5.74) is 3.19. The maximum atomic E-state index is 12.6. The van der Waals surface area contributed by atoms with E-state index in [4.69, 9.17) is 0 Å². The van der Waals surface area contributed by atoms with Crippen molar-refractivity contribution in [3.05, 3.63) is 59.7 Å². The van der Waals surface area contributed by atoms with Crippen molar-refractivity contribution in [2.24, 2.45) is 0 Å². The fourth-order valence-corrected chi connectivity index (χ4v) is 3.59. The van der Waals surface area contributed by atoms with Gasteiger partial charge >= 0.3 is 0 Å². The van der Waals surface area contributed by atoms with Crippen LogP contribution in [0, 0.1) is 6.92 Å². The number of carbonyl (C=O) groups excluding carboxylic acids is 2. The molecule has 1 spiro atoms. The Morgan fingerprint density at radius 3 is 2.71 bits per heavy atom. The smallest absolute Gasteiger partial charge is 0.246 e. The quantitative estimate of drug-likeness (QED) is 0.794. The number of hydrogen-bond acceptors (Lipinski definition) is 3. The molecule has 2 aliphatic heterocycles. The molecule has 122 valence electrons. The molecule has 5 heteroatoms. The van der Waals surface area contributed by atoms with Gasteiger partial charge in [0.15, 0.2) is 0 Å². The summed E-state index contributed by atoms with van der Waals surface area (Å²) in [7, 11) is 0. The first kappa shape index (κ1) is 14.8. The van der Waals surface area contributed by atoms with Crippen LogP contribution in [0.2, 0.25) is 0 Å². The molecule has 2 unspecified atom stereocenters. The van der Waals surface area contributed by atoms with Crippen LogP contribution in [0.4, 0.5) is 11.4 Å². The Morgan fingerprint density at radius 2 is 1.92 bits per heavy atom. The van der Waals surface area contributed by atoms with Crippen LogP contribution in [0.25, 0.3) is 0 Å². The maximum Gasteiger partial charge on any atom is 0.246 e. The van der Waals surface area contributed by atoms with E-state index in [2.05, 4.69) is 16.0 Å². The predicted octanol–water partition coefficient (Wildman–Crippen LogP) is 2.19. The van der Waals surface area contributed by atoms with Gasteiger partial charge in [-0.15, -0.1) is 0 Å². The van der Waals surface area contributed by atoms with Crippen molar-refractivity contribution in [1.82, 2.24) is 5.32 Å². The van der Waals surface area contributed by atoms with Crippen LogP contribution in [-0.2, 0) is 15.0 Å². The van der Waals surface area contributed by atoms with Crippen molar-refractivity contribution >= 4 is 23.2 Å². The van der Waals surface area contributed by atoms with Crippen LogP contribution in [0.1, 0.15) is 17.5 Å². The number of para-hydroxylation sites is 1. The van der Waals surface area contributed by atoms with E-state index in [0.717, 1.165) is 22.5 Å². The second-order valence-electron chi connectivity index (χ2n) is 6.57. The molecule has 5 nitrogen and oxygen atoms in total. The van der Waals surface area contributed by atoms with Crippen LogP contribution >= 0.6 is 0 Å². The highest BCUT2D eigenvalue weighted by atomic mass is 16.2. The molecule has 2 atom stereocenters. The van der Waals surface area contributed by atoms with Gasteiger partial charge < -0.3 is 16.0 Å². The van der Waals surface area contributed by atoms with Crippen LogP contribution < -0.4 is 16.0 Å². The molecular formula is C19H19N3O2. The SMILES string of the molecule is Cc1ccc(NC(=O)C2CC3(CNc4ccccc43)C(=O)N2)cc1. The maximum absolute atomic E-state index is 12.6. The molecule has 0 radical (unpaired) electrons. The number of fused-ring (bicyclic) bond motifs is 2. The van der Waals surface area contributed by atoms with Crippen molar-refractivity contribution in [3.63, 3.8) is 0 Å². The number of amides is 2. The van der Waals surface area contributed by atoms with Crippen LogP contribution in [0.15, 0.2) is 48.5 Å². The molecule has 1 fully saturated rings. The Kier molecular flexibility index (Phi) is 3.30. The van der Waals surface area contributed by atoms with E-state index < -0.39 is 11.5 Å². The minimum absolute atomic E-state index is 0.0796. The van der Waals surface area contributed by atoms with Gasteiger partial charge in [0, 0.05) is 17.9 Å². The Labute approximate surface area is 140 Å². The van der Waals surface area contributed by atoms with Gasteiger partial charge in [-0.3, -0.25) is 9.59 Å². The lowest BCUT2D eigenvalue weighted by molar-refractivity contribution is -0.125. The van der Waals surface area contributed by atoms with Gasteiger partial charge in [-0.2, -0.15) is 0 Å². The highest BCUT2D eigenvalue weighted by molar-refractivity contribution is 6.03. The van der Waals surface area contributed by atoms with Crippen LogP contribution in [0.5, 0.6) is 0 Å². The molecule has 2 aromatic rings. The average Bonchev–Trinajstić information content (AvgIpc) is 3.13. The summed E-state index contributed by atoms with van der Waals surface area (Å²) in [6.07, 6.45) is 0.466. The predicted molar refractivity (Wildman–Crippen MR) is 93.0 cm³/mol. The van der Waals surface area contributed by atoms with Crippen molar-refractivity contribution in [2.75, 3.05) is 17.2 Å². The summed E-state index contributed by atoms with van der Waals surface area (Å²) in [6.45, 7) is 2.53. The topological polar surface area (TPSA) is 70.2 Å².